The Bertz CT molecular complexity index is 981. The molecule has 0 radical (unpaired) electrons. The summed E-state index contributed by atoms with van der Waals surface area (Å²) in [4.78, 5) is 25.2. The predicted molar refractivity (Wildman–Crippen MR) is 109 cm³/mol. The fourth-order valence-corrected chi connectivity index (χ4v) is 4.13. The van der Waals surface area contributed by atoms with Crippen LogP contribution in [0.25, 0.3) is 0 Å². The molecule has 2 unspecified atom stereocenters. The Morgan fingerprint density at radius 1 is 1.13 bits per heavy atom. The highest BCUT2D eigenvalue weighted by atomic mass is 35.5. The van der Waals surface area contributed by atoms with Crippen LogP contribution in [0.4, 0.5) is 13.2 Å². The molecule has 1 aliphatic carbocycles. The van der Waals surface area contributed by atoms with Crippen LogP contribution in [0, 0.1) is 0 Å². The van der Waals surface area contributed by atoms with Gasteiger partial charge in [0.25, 0.3) is 5.91 Å². The van der Waals surface area contributed by atoms with E-state index < -0.39 is 41.2 Å². The van der Waals surface area contributed by atoms with Crippen LogP contribution >= 0.6 is 11.6 Å². The fraction of sp³-hybridized carbons (Fsp3) is 0.364. The first kappa shape index (κ1) is 23.1. The predicted octanol–water partition coefficient (Wildman–Crippen LogP) is 3.57. The van der Waals surface area contributed by atoms with Gasteiger partial charge in [-0.05, 0) is 48.1 Å². The minimum absolute atomic E-state index is 0.209. The fourth-order valence-electron chi connectivity index (χ4n) is 4.01. The summed E-state index contributed by atoms with van der Waals surface area (Å²) in [5, 5.41) is 15.6. The summed E-state index contributed by atoms with van der Waals surface area (Å²) in [5.74, 6) is -1.30. The number of aliphatic hydroxyl groups is 1. The molecule has 1 aliphatic rings. The Balaban J connectivity index is 1.95. The largest absolute Gasteiger partial charge is 0.423 e. The van der Waals surface area contributed by atoms with Crippen LogP contribution in [-0.2, 0) is 27.1 Å². The van der Waals surface area contributed by atoms with E-state index in [1.165, 1.54) is 19.1 Å². The van der Waals surface area contributed by atoms with Gasteiger partial charge >= 0.3 is 6.18 Å². The first-order valence-electron chi connectivity index (χ1n) is 9.70. The maximum absolute atomic E-state index is 13.8. The number of rotatable bonds is 5. The van der Waals surface area contributed by atoms with Gasteiger partial charge in [-0.2, -0.15) is 13.2 Å². The second-order valence-electron chi connectivity index (χ2n) is 7.64. The minimum Gasteiger partial charge on any atom is -0.375 e. The van der Waals surface area contributed by atoms with Crippen LogP contribution in [0.2, 0.25) is 5.02 Å². The normalized spacial score (nSPS) is 20.3. The number of aryl methyl sites for hydroxylation is 1. The molecule has 2 amide bonds. The monoisotopic (exact) mass is 454 g/mol. The molecule has 2 aromatic rings. The van der Waals surface area contributed by atoms with Gasteiger partial charge in [0.1, 0.15) is 5.54 Å². The summed E-state index contributed by atoms with van der Waals surface area (Å²) < 4.78 is 41.5. The van der Waals surface area contributed by atoms with Crippen molar-refractivity contribution in [3.05, 3.63) is 70.2 Å². The second kappa shape index (κ2) is 8.51. The van der Waals surface area contributed by atoms with E-state index in [1.807, 2.05) is 6.07 Å². The molecule has 0 heterocycles. The van der Waals surface area contributed by atoms with E-state index in [2.05, 4.69) is 10.6 Å². The van der Waals surface area contributed by atoms with Gasteiger partial charge in [0.05, 0.1) is 6.54 Å². The molecule has 0 spiro atoms. The maximum Gasteiger partial charge on any atom is 0.423 e. The summed E-state index contributed by atoms with van der Waals surface area (Å²) in [6, 6.07) is 11.6. The number of amides is 2. The lowest BCUT2D eigenvalue weighted by Crippen LogP contribution is -2.60. The molecule has 2 atom stereocenters. The molecule has 0 aliphatic heterocycles. The van der Waals surface area contributed by atoms with Gasteiger partial charge in [0.2, 0.25) is 11.5 Å². The van der Waals surface area contributed by atoms with Crippen molar-refractivity contribution in [2.24, 2.45) is 0 Å². The molecule has 9 heteroatoms. The molecular formula is C22H22ClF3N2O3. The summed E-state index contributed by atoms with van der Waals surface area (Å²) in [5.41, 5.74) is -3.94. The number of carbonyl (C=O) groups excluding carboxylic acids is 2. The summed E-state index contributed by atoms with van der Waals surface area (Å²) in [6.45, 7) is 0.118. The van der Waals surface area contributed by atoms with Crippen LogP contribution < -0.4 is 10.6 Å². The zero-order chi connectivity index (χ0) is 22.9. The number of nitrogens with one attached hydrogen (secondary N) is 2. The molecule has 166 valence electrons. The molecule has 31 heavy (non-hydrogen) atoms. The van der Waals surface area contributed by atoms with E-state index in [1.54, 1.807) is 18.2 Å². The third-order valence-electron chi connectivity index (χ3n) is 5.55. The number of benzene rings is 2. The number of hydrogen-bond acceptors (Lipinski definition) is 3. The van der Waals surface area contributed by atoms with Crippen LogP contribution in [0.1, 0.15) is 36.5 Å². The quantitative estimate of drug-likeness (QED) is 0.646. The SMILES string of the molecule is CC(=O)NC1(C(=O)NCC(O)(c2ccc(Cl)cc2)C(F)(F)F)CCCc2ccccc21. The highest BCUT2D eigenvalue weighted by Crippen LogP contribution is 2.40. The van der Waals surface area contributed by atoms with Crippen molar-refractivity contribution in [3.63, 3.8) is 0 Å². The molecule has 2 aromatic carbocycles. The molecular weight excluding hydrogens is 433 g/mol. The molecule has 0 saturated carbocycles. The van der Waals surface area contributed by atoms with Crippen molar-refractivity contribution in [3.8, 4) is 0 Å². The number of fused-ring (bicyclic) bond motifs is 1. The summed E-state index contributed by atoms with van der Waals surface area (Å²) >= 11 is 5.75. The standard InChI is InChI=1S/C22H22ClF3N2O3/c1-14(29)28-20(12-4-6-15-5-2-3-7-18(15)20)19(30)27-13-21(31,22(24,25)26)16-8-10-17(23)11-9-16/h2-3,5,7-11,31H,4,6,12-13H2,1H3,(H,27,30)(H,28,29). The molecule has 3 rings (SSSR count). The lowest BCUT2D eigenvalue weighted by Gasteiger charge is -2.39. The number of halogens is 4. The highest BCUT2D eigenvalue weighted by Gasteiger charge is 2.56. The second-order valence-corrected chi connectivity index (χ2v) is 8.08. The molecule has 0 saturated heterocycles. The highest BCUT2D eigenvalue weighted by molar-refractivity contribution is 6.30. The molecule has 0 aromatic heterocycles. The number of alkyl halides is 3. The van der Waals surface area contributed by atoms with E-state index in [4.69, 9.17) is 11.6 Å². The Labute approximate surface area is 182 Å². The van der Waals surface area contributed by atoms with E-state index in [9.17, 15) is 27.9 Å². The van der Waals surface area contributed by atoms with Gasteiger partial charge in [0.15, 0.2) is 0 Å². The average Bonchev–Trinajstić information content (AvgIpc) is 2.71. The lowest BCUT2D eigenvalue weighted by atomic mass is 9.75. The van der Waals surface area contributed by atoms with E-state index >= 15 is 0 Å². The first-order valence-corrected chi connectivity index (χ1v) is 10.1. The van der Waals surface area contributed by atoms with Crippen molar-refractivity contribution in [1.82, 2.24) is 10.6 Å². The minimum atomic E-state index is -5.07. The van der Waals surface area contributed by atoms with E-state index in [0.29, 0.717) is 18.4 Å². The average molecular weight is 455 g/mol. The number of carbonyl (C=O) groups is 2. The van der Waals surface area contributed by atoms with Crippen molar-refractivity contribution in [1.29, 1.82) is 0 Å². The van der Waals surface area contributed by atoms with Crippen molar-refractivity contribution in [2.45, 2.75) is 43.5 Å². The Hall–Kier alpha value is -2.58. The van der Waals surface area contributed by atoms with Gasteiger partial charge in [0, 0.05) is 11.9 Å². The molecule has 5 nitrogen and oxygen atoms in total. The lowest BCUT2D eigenvalue weighted by molar-refractivity contribution is -0.264. The smallest absolute Gasteiger partial charge is 0.375 e. The summed E-state index contributed by atoms with van der Waals surface area (Å²) in [7, 11) is 0. The van der Waals surface area contributed by atoms with Gasteiger partial charge in [-0.25, -0.2) is 0 Å². The zero-order valence-electron chi connectivity index (χ0n) is 16.7. The van der Waals surface area contributed by atoms with E-state index in [-0.39, 0.29) is 11.4 Å². The Morgan fingerprint density at radius 2 is 1.77 bits per heavy atom. The van der Waals surface area contributed by atoms with Crippen LogP contribution in [0.15, 0.2) is 48.5 Å². The number of hydrogen-bond donors (Lipinski definition) is 3. The Kier molecular flexibility index (Phi) is 6.34. The van der Waals surface area contributed by atoms with Gasteiger partial charge < -0.3 is 15.7 Å². The molecule has 0 bridgehead atoms. The van der Waals surface area contributed by atoms with Gasteiger partial charge in [-0.1, -0.05) is 48.0 Å². The van der Waals surface area contributed by atoms with Crippen molar-refractivity contribution in [2.75, 3.05) is 6.54 Å². The Morgan fingerprint density at radius 3 is 2.39 bits per heavy atom. The van der Waals surface area contributed by atoms with Crippen LogP contribution in [-0.4, -0.2) is 29.6 Å². The van der Waals surface area contributed by atoms with Gasteiger partial charge in [-0.3, -0.25) is 9.59 Å². The van der Waals surface area contributed by atoms with E-state index in [0.717, 1.165) is 17.7 Å². The first-order chi connectivity index (χ1) is 14.5. The molecule has 0 fully saturated rings. The third kappa shape index (κ3) is 4.41. The summed E-state index contributed by atoms with van der Waals surface area (Å²) in [6.07, 6.45) is -3.60. The van der Waals surface area contributed by atoms with Crippen molar-refractivity contribution < 1.29 is 27.9 Å². The topological polar surface area (TPSA) is 78.4 Å². The van der Waals surface area contributed by atoms with Gasteiger partial charge in [-0.15, -0.1) is 0 Å². The maximum atomic E-state index is 13.8. The molecule has 3 N–H and O–H groups in total. The van der Waals surface area contributed by atoms with Crippen LogP contribution in [0.3, 0.4) is 0 Å². The van der Waals surface area contributed by atoms with Crippen LogP contribution in [0.5, 0.6) is 0 Å². The van der Waals surface area contributed by atoms with Crippen molar-refractivity contribution >= 4 is 23.4 Å². The zero-order valence-corrected chi connectivity index (χ0v) is 17.5. The third-order valence-corrected chi connectivity index (χ3v) is 5.80.